The Balaban J connectivity index is 1.84. The number of rotatable bonds is 4. The Morgan fingerprint density at radius 1 is 1.15 bits per heavy atom. The Bertz CT molecular complexity index is 594. The van der Waals surface area contributed by atoms with Crippen LogP contribution in [0.5, 0.6) is 0 Å². The van der Waals surface area contributed by atoms with Crippen molar-refractivity contribution in [3.8, 4) is 0 Å². The highest BCUT2D eigenvalue weighted by Crippen LogP contribution is 2.42. The van der Waals surface area contributed by atoms with Crippen LogP contribution in [0.15, 0.2) is 11.9 Å². The molecule has 3 heterocycles. The molecular formula is C16H27N3O7. The highest BCUT2D eigenvalue weighted by molar-refractivity contribution is 5.87. The van der Waals surface area contributed by atoms with Crippen LogP contribution in [0.1, 0.15) is 27.7 Å². The van der Waals surface area contributed by atoms with E-state index in [4.69, 9.17) is 35.3 Å². The highest BCUT2D eigenvalue weighted by Gasteiger charge is 2.59. The van der Waals surface area contributed by atoms with Crippen molar-refractivity contribution in [2.24, 2.45) is 11.6 Å². The van der Waals surface area contributed by atoms with Crippen LogP contribution in [0.25, 0.3) is 0 Å². The normalized spacial score (nSPS) is 38.2. The molecule has 0 aliphatic carbocycles. The lowest BCUT2D eigenvalue weighted by molar-refractivity contribution is -0.227. The third kappa shape index (κ3) is 3.66. The number of hydrogen-bond donors (Lipinski definition) is 2. The first-order valence-electron chi connectivity index (χ1n) is 8.44. The van der Waals surface area contributed by atoms with E-state index in [9.17, 15) is 4.79 Å². The zero-order chi connectivity index (χ0) is 19.3. The zero-order valence-electron chi connectivity index (χ0n) is 15.6. The van der Waals surface area contributed by atoms with Crippen LogP contribution in [-0.4, -0.2) is 66.9 Å². The van der Waals surface area contributed by atoms with E-state index in [0.29, 0.717) is 6.61 Å². The zero-order valence-corrected chi connectivity index (χ0v) is 15.6. The largest absolute Gasteiger partial charge is 0.464 e. The van der Waals surface area contributed by atoms with E-state index in [1.165, 1.54) is 18.3 Å². The molecule has 3 rings (SSSR count). The highest BCUT2D eigenvalue weighted by atomic mass is 16.8. The van der Waals surface area contributed by atoms with Crippen molar-refractivity contribution < 1.29 is 33.2 Å². The molecule has 0 spiro atoms. The maximum absolute atomic E-state index is 11.6. The molecule has 3 saturated heterocycles. The lowest BCUT2D eigenvalue weighted by Crippen LogP contribution is -2.53. The van der Waals surface area contributed by atoms with Crippen LogP contribution in [0.3, 0.4) is 0 Å². The van der Waals surface area contributed by atoms with Gasteiger partial charge < -0.3 is 39.2 Å². The van der Waals surface area contributed by atoms with E-state index in [2.05, 4.69) is 4.74 Å². The number of nitrogens with zero attached hydrogens (tertiary/aromatic N) is 1. The Hall–Kier alpha value is -1.43. The number of hydrazine groups is 1. The SMILES string of the molecule is COC(=O)/C(N)=C/N(N)C1C([C@@H]2COC(C)(C)O2)OC2OC(C)(C)O[C@H]21. The molecule has 5 atom stereocenters. The number of carbonyl (C=O) groups excluding carboxylic acids is 1. The molecule has 0 saturated carbocycles. The molecule has 3 aliphatic heterocycles. The lowest BCUT2D eigenvalue weighted by Gasteiger charge is -2.33. The van der Waals surface area contributed by atoms with Crippen molar-refractivity contribution >= 4 is 5.97 Å². The first-order chi connectivity index (χ1) is 12.0. The van der Waals surface area contributed by atoms with Crippen LogP contribution >= 0.6 is 0 Å². The Morgan fingerprint density at radius 2 is 1.85 bits per heavy atom. The average Bonchev–Trinajstić information content (AvgIpc) is 3.14. The minimum Gasteiger partial charge on any atom is -0.464 e. The number of esters is 1. The molecule has 10 nitrogen and oxygen atoms in total. The van der Waals surface area contributed by atoms with E-state index in [1.807, 2.05) is 13.8 Å². The van der Waals surface area contributed by atoms with E-state index >= 15 is 0 Å². The van der Waals surface area contributed by atoms with Gasteiger partial charge in [-0.15, -0.1) is 0 Å². The van der Waals surface area contributed by atoms with Gasteiger partial charge in [-0.3, -0.25) is 0 Å². The van der Waals surface area contributed by atoms with Gasteiger partial charge in [-0.25, -0.2) is 10.6 Å². The minimum absolute atomic E-state index is 0.140. The van der Waals surface area contributed by atoms with Crippen molar-refractivity contribution in [3.63, 3.8) is 0 Å². The van der Waals surface area contributed by atoms with Crippen molar-refractivity contribution in [1.82, 2.24) is 5.01 Å². The fourth-order valence-corrected chi connectivity index (χ4v) is 3.46. The second-order valence-electron chi connectivity index (χ2n) is 7.45. The first-order valence-corrected chi connectivity index (χ1v) is 8.44. The van der Waals surface area contributed by atoms with Gasteiger partial charge in [-0.2, -0.15) is 0 Å². The average molecular weight is 373 g/mol. The molecule has 0 aromatic carbocycles. The second kappa shape index (κ2) is 6.63. The summed E-state index contributed by atoms with van der Waals surface area (Å²) in [5, 5.41) is 1.29. The maximum Gasteiger partial charge on any atom is 0.355 e. The number of fused-ring (bicyclic) bond motifs is 1. The predicted molar refractivity (Wildman–Crippen MR) is 87.7 cm³/mol. The monoisotopic (exact) mass is 373 g/mol. The summed E-state index contributed by atoms with van der Waals surface area (Å²) >= 11 is 0. The van der Waals surface area contributed by atoms with E-state index in [0.717, 1.165) is 0 Å². The molecule has 10 heteroatoms. The van der Waals surface area contributed by atoms with Crippen molar-refractivity contribution in [3.05, 3.63) is 11.9 Å². The molecule has 0 aromatic rings. The molecule has 0 aromatic heterocycles. The molecule has 0 amide bonds. The van der Waals surface area contributed by atoms with Crippen LogP contribution in [0.2, 0.25) is 0 Å². The summed E-state index contributed by atoms with van der Waals surface area (Å²) in [4.78, 5) is 11.6. The fraction of sp³-hybridized carbons (Fsp3) is 0.812. The van der Waals surface area contributed by atoms with Gasteiger partial charge >= 0.3 is 5.97 Å². The molecule has 0 bridgehead atoms. The molecule has 3 unspecified atom stereocenters. The molecule has 3 aliphatic rings. The number of ether oxygens (including phenoxy) is 6. The Kier molecular flexibility index (Phi) is 4.93. The standard InChI is InChI=1S/C16H27N3O7/c1-15(2)22-7-9(24-15)11-10(19(18)6-8(17)13(20)21-5)12-14(23-11)26-16(3,4)25-12/h6,9-12,14H,7,17-18H2,1-5H3/b8-6-/t9-,10?,11?,12-,14?/m0/s1. The van der Waals surface area contributed by atoms with Crippen molar-refractivity contribution in [2.75, 3.05) is 13.7 Å². The van der Waals surface area contributed by atoms with Crippen molar-refractivity contribution in [2.45, 2.75) is 69.9 Å². The Labute approximate surface area is 152 Å². The van der Waals surface area contributed by atoms with Gasteiger partial charge in [-0.05, 0) is 27.7 Å². The van der Waals surface area contributed by atoms with Gasteiger partial charge in [0.2, 0.25) is 0 Å². The predicted octanol–water partition coefficient (Wildman–Crippen LogP) is -0.468. The van der Waals surface area contributed by atoms with Crippen molar-refractivity contribution in [1.29, 1.82) is 0 Å². The quantitative estimate of drug-likeness (QED) is 0.289. The van der Waals surface area contributed by atoms with Crippen LogP contribution in [-0.2, 0) is 33.2 Å². The fourth-order valence-electron chi connectivity index (χ4n) is 3.46. The summed E-state index contributed by atoms with van der Waals surface area (Å²) in [5.41, 5.74) is 5.59. The number of nitrogens with two attached hydrogens (primary N) is 2. The smallest absolute Gasteiger partial charge is 0.355 e. The first kappa shape index (κ1) is 19.3. The summed E-state index contributed by atoms with van der Waals surface area (Å²) in [6.07, 6.45) is -0.699. The van der Waals surface area contributed by atoms with Crippen LogP contribution in [0, 0.1) is 0 Å². The molecule has 0 radical (unpaired) electrons. The van der Waals surface area contributed by atoms with Gasteiger partial charge in [0.1, 0.15) is 30.1 Å². The van der Waals surface area contributed by atoms with E-state index in [1.54, 1.807) is 13.8 Å². The third-order valence-corrected chi connectivity index (χ3v) is 4.50. The van der Waals surface area contributed by atoms with Gasteiger partial charge in [0.15, 0.2) is 17.9 Å². The van der Waals surface area contributed by atoms with Crippen LogP contribution in [0.4, 0.5) is 0 Å². The number of hydrogen-bond acceptors (Lipinski definition) is 10. The molecular weight excluding hydrogens is 346 g/mol. The number of methoxy groups -OCH3 is 1. The minimum atomic E-state index is -0.816. The van der Waals surface area contributed by atoms with Gasteiger partial charge in [-0.1, -0.05) is 0 Å². The van der Waals surface area contributed by atoms with Crippen LogP contribution < -0.4 is 11.6 Å². The van der Waals surface area contributed by atoms with Gasteiger partial charge in [0, 0.05) is 6.20 Å². The summed E-state index contributed by atoms with van der Waals surface area (Å²) in [7, 11) is 1.24. The maximum atomic E-state index is 11.6. The third-order valence-electron chi connectivity index (χ3n) is 4.50. The molecule has 3 fully saturated rings. The summed E-state index contributed by atoms with van der Waals surface area (Å²) in [5.74, 6) is 3.98. The van der Waals surface area contributed by atoms with Gasteiger partial charge in [0.05, 0.1) is 13.7 Å². The summed E-state index contributed by atoms with van der Waals surface area (Å²) in [6, 6.07) is -0.507. The van der Waals surface area contributed by atoms with E-state index in [-0.39, 0.29) is 11.8 Å². The Morgan fingerprint density at radius 3 is 2.42 bits per heavy atom. The van der Waals surface area contributed by atoms with Gasteiger partial charge in [0.25, 0.3) is 0 Å². The summed E-state index contributed by atoms with van der Waals surface area (Å²) < 4.78 is 34.0. The lowest BCUT2D eigenvalue weighted by atomic mass is 10.0. The number of carbonyl (C=O) groups is 1. The summed E-state index contributed by atoms with van der Waals surface area (Å²) in [6.45, 7) is 7.56. The molecule has 148 valence electrons. The second-order valence-corrected chi connectivity index (χ2v) is 7.45. The molecule has 26 heavy (non-hydrogen) atoms. The molecule has 4 N–H and O–H groups in total. The van der Waals surface area contributed by atoms with E-state index < -0.39 is 42.1 Å². The topological polar surface area (TPSA) is 128 Å².